The number of nitrogens with zero attached hydrogens (tertiary/aromatic N) is 2. The molecule has 0 saturated heterocycles. The van der Waals surface area contributed by atoms with Gasteiger partial charge in [-0.3, -0.25) is 0 Å². The van der Waals surface area contributed by atoms with E-state index in [0.29, 0.717) is 6.54 Å². The van der Waals surface area contributed by atoms with Gasteiger partial charge in [0.15, 0.2) is 0 Å². The highest BCUT2D eigenvalue weighted by Gasteiger charge is 2.39. The van der Waals surface area contributed by atoms with Crippen LogP contribution in [0.15, 0.2) is 116 Å². The molecule has 3 heteroatoms. The molecule has 30 heavy (non-hydrogen) atoms. The van der Waals surface area contributed by atoms with Crippen molar-refractivity contribution in [1.29, 1.82) is 0 Å². The summed E-state index contributed by atoms with van der Waals surface area (Å²) in [4.78, 5) is 4.78. The molecule has 0 bridgehead atoms. The fraction of sp³-hybridized carbons (Fsp3) is 0.0741. The van der Waals surface area contributed by atoms with E-state index in [-0.39, 0.29) is 0 Å². The van der Waals surface area contributed by atoms with Crippen molar-refractivity contribution in [2.75, 3.05) is 0 Å². The fourth-order valence-electron chi connectivity index (χ4n) is 4.41. The second-order valence-corrected chi connectivity index (χ2v) is 7.45. The molecule has 0 fully saturated rings. The molecule has 0 aliphatic heterocycles. The molecule has 5 rings (SSSR count). The molecule has 0 amide bonds. The molecule has 0 aliphatic carbocycles. The normalized spacial score (nSPS) is 11.6. The maximum absolute atomic E-state index is 5.87. The second kappa shape index (κ2) is 7.62. The van der Waals surface area contributed by atoms with Crippen molar-refractivity contribution in [3.05, 3.63) is 138 Å². The molecule has 0 aliphatic rings. The molecule has 0 radical (unpaired) electrons. The van der Waals surface area contributed by atoms with Gasteiger partial charge in [0.2, 0.25) is 0 Å². The van der Waals surface area contributed by atoms with Crippen LogP contribution in [-0.2, 0) is 12.1 Å². The minimum atomic E-state index is -0.553. The van der Waals surface area contributed by atoms with Gasteiger partial charge in [0, 0.05) is 6.54 Å². The Morgan fingerprint density at radius 2 is 1.17 bits per heavy atom. The molecule has 4 aromatic carbocycles. The first-order valence-electron chi connectivity index (χ1n) is 10.2. The highest BCUT2D eigenvalue weighted by molar-refractivity contribution is 5.78. The molecular weight excluding hydrogens is 366 g/mol. The van der Waals surface area contributed by atoms with Gasteiger partial charge in [-0.05, 0) is 34.4 Å². The Kier molecular flexibility index (Phi) is 4.66. The monoisotopic (exact) mass is 389 g/mol. The molecule has 2 N–H and O–H groups in total. The first-order chi connectivity index (χ1) is 14.8. The van der Waals surface area contributed by atoms with Crippen molar-refractivity contribution in [2.45, 2.75) is 12.1 Å². The fourth-order valence-corrected chi connectivity index (χ4v) is 4.41. The number of rotatable bonds is 5. The highest BCUT2D eigenvalue weighted by Crippen LogP contribution is 2.42. The predicted molar refractivity (Wildman–Crippen MR) is 122 cm³/mol. The van der Waals surface area contributed by atoms with Gasteiger partial charge < -0.3 is 10.3 Å². The lowest BCUT2D eigenvalue weighted by molar-refractivity contribution is 0.529. The van der Waals surface area contributed by atoms with Crippen LogP contribution in [0.2, 0.25) is 0 Å². The molecule has 0 unspecified atom stereocenters. The molecule has 0 atom stereocenters. The van der Waals surface area contributed by atoms with Crippen LogP contribution in [0.1, 0.15) is 22.3 Å². The van der Waals surface area contributed by atoms with Crippen molar-refractivity contribution < 1.29 is 0 Å². The van der Waals surface area contributed by atoms with Gasteiger partial charge in [-0.1, -0.05) is 97.1 Å². The van der Waals surface area contributed by atoms with Crippen molar-refractivity contribution in [3.63, 3.8) is 0 Å². The maximum atomic E-state index is 5.87. The standard InChI is InChI=1S/C27H23N3/c28-19-21-16-17-26-25(18-21)29-20-30(26)27(22-10-4-1-5-11-22,23-12-6-2-7-13-23)24-14-8-3-9-15-24/h1-18,20H,19,28H2. The molecule has 1 aromatic heterocycles. The zero-order valence-corrected chi connectivity index (χ0v) is 16.6. The van der Waals surface area contributed by atoms with Crippen LogP contribution in [-0.4, -0.2) is 9.55 Å². The van der Waals surface area contributed by atoms with E-state index >= 15 is 0 Å². The first-order valence-corrected chi connectivity index (χ1v) is 10.2. The largest absolute Gasteiger partial charge is 0.326 e. The molecule has 0 saturated carbocycles. The number of fused-ring (bicyclic) bond motifs is 1. The van der Waals surface area contributed by atoms with Crippen molar-refractivity contribution in [2.24, 2.45) is 5.73 Å². The summed E-state index contributed by atoms with van der Waals surface area (Å²) in [6.45, 7) is 0.504. The lowest BCUT2D eigenvalue weighted by atomic mass is 9.76. The topological polar surface area (TPSA) is 43.8 Å². The van der Waals surface area contributed by atoms with Crippen LogP contribution < -0.4 is 5.73 Å². The van der Waals surface area contributed by atoms with Crippen LogP contribution in [0.4, 0.5) is 0 Å². The summed E-state index contributed by atoms with van der Waals surface area (Å²) in [6, 6.07) is 38.2. The second-order valence-electron chi connectivity index (χ2n) is 7.45. The number of aromatic nitrogens is 2. The van der Waals surface area contributed by atoms with Gasteiger partial charge in [0.25, 0.3) is 0 Å². The summed E-state index contributed by atoms with van der Waals surface area (Å²) in [7, 11) is 0. The third-order valence-electron chi connectivity index (χ3n) is 5.78. The Labute approximate surface area is 176 Å². The SMILES string of the molecule is NCc1ccc2c(c1)ncn2C(c1ccccc1)(c1ccccc1)c1ccccc1. The van der Waals surface area contributed by atoms with Gasteiger partial charge in [-0.25, -0.2) is 4.98 Å². The quantitative estimate of drug-likeness (QED) is 0.413. The molecule has 5 aromatic rings. The zero-order chi connectivity index (χ0) is 20.4. The minimum absolute atomic E-state index is 0.504. The number of hydrogen-bond acceptors (Lipinski definition) is 2. The van der Waals surface area contributed by atoms with E-state index in [0.717, 1.165) is 16.6 Å². The maximum Gasteiger partial charge on any atom is 0.122 e. The lowest BCUT2D eigenvalue weighted by Gasteiger charge is -2.38. The van der Waals surface area contributed by atoms with E-state index in [1.54, 1.807) is 0 Å². The Morgan fingerprint density at radius 3 is 1.63 bits per heavy atom. The summed E-state index contributed by atoms with van der Waals surface area (Å²) < 4.78 is 2.29. The van der Waals surface area contributed by atoms with Crippen LogP contribution in [0.25, 0.3) is 11.0 Å². The third kappa shape index (κ3) is 2.83. The summed E-state index contributed by atoms with van der Waals surface area (Å²) in [6.07, 6.45) is 1.96. The average molecular weight is 390 g/mol. The number of hydrogen-bond donors (Lipinski definition) is 1. The zero-order valence-electron chi connectivity index (χ0n) is 16.6. The van der Waals surface area contributed by atoms with E-state index in [4.69, 9.17) is 10.7 Å². The number of imidazole rings is 1. The van der Waals surface area contributed by atoms with Crippen molar-refractivity contribution in [3.8, 4) is 0 Å². The Hall–Kier alpha value is -3.69. The smallest absolute Gasteiger partial charge is 0.122 e. The Balaban J connectivity index is 1.92. The summed E-state index contributed by atoms with van der Waals surface area (Å²) in [5.74, 6) is 0. The number of nitrogens with two attached hydrogens (primary N) is 1. The van der Waals surface area contributed by atoms with Crippen molar-refractivity contribution in [1.82, 2.24) is 9.55 Å². The molecular formula is C27H23N3. The van der Waals surface area contributed by atoms with E-state index in [2.05, 4.69) is 114 Å². The molecule has 1 heterocycles. The van der Waals surface area contributed by atoms with Crippen LogP contribution in [0, 0.1) is 0 Å². The first kappa shape index (κ1) is 18.3. The van der Waals surface area contributed by atoms with E-state index in [1.807, 2.05) is 6.33 Å². The highest BCUT2D eigenvalue weighted by atomic mass is 15.1. The Bertz CT molecular complexity index is 1160. The summed E-state index contributed by atoms with van der Waals surface area (Å²) in [5.41, 5.74) is 12.0. The van der Waals surface area contributed by atoms with Gasteiger partial charge in [-0.2, -0.15) is 0 Å². The van der Waals surface area contributed by atoms with E-state index in [1.165, 1.54) is 16.7 Å². The van der Waals surface area contributed by atoms with E-state index < -0.39 is 5.54 Å². The van der Waals surface area contributed by atoms with Crippen LogP contribution in [0.3, 0.4) is 0 Å². The van der Waals surface area contributed by atoms with Crippen LogP contribution in [0.5, 0.6) is 0 Å². The van der Waals surface area contributed by atoms with Crippen molar-refractivity contribution >= 4 is 11.0 Å². The summed E-state index contributed by atoms with van der Waals surface area (Å²) >= 11 is 0. The number of benzene rings is 4. The molecule has 0 spiro atoms. The average Bonchev–Trinajstić information content (AvgIpc) is 3.25. The van der Waals surface area contributed by atoms with Gasteiger partial charge >= 0.3 is 0 Å². The minimum Gasteiger partial charge on any atom is -0.326 e. The lowest BCUT2D eigenvalue weighted by Crippen LogP contribution is -2.37. The molecule has 3 nitrogen and oxygen atoms in total. The van der Waals surface area contributed by atoms with Crippen LogP contribution >= 0.6 is 0 Å². The predicted octanol–water partition coefficient (Wildman–Crippen LogP) is 5.34. The van der Waals surface area contributed by atoms with Gasteiger partial charge in [0.1, 0.15) is 5.54 Å². The van der Waals surface area contributed by atoms with Gasteiger partial charge in [0.05, 0.1) is 17.4 Å². The summed E-state index contributed by atoms with van der Waals surface area (Å²) in [5, 5.41) is 0. The van der Waals surface area contributed by atoms with E-state index in [9.17, 15) is 0 Å². The molecule has 146 valence electrons. The third-order valence-corrected chi connectivity index (χ3v) is 5.78. The Morgan fingerprint density at radius 1 is 0.667 bits per heavy atom. The van der Waals surface area contributed by atoms with Gasteiger partial charge in [-0.15, -0.1) is 0 Å².